The molecule has 0 aliphatic carbocycles. The van der Waals surface area contributed by atoms with Gasteiger partial charge in [-0.05, 0) is 49.1 Å². The summed E-state index contributed by atoms with van der Waals surface area (Å²) in [5.74, 6) is -2.20. The Morgan fingerprint density at radius 2 is 1.36 bits per heavy atom. The largest absolute Gasteiger partial charge is 0.445 e. The highest BCUT2D eigenvalue weighted by Crippen LogP contribution is 2.21. The SMILES string of the molecule is CC(C)C[C@H](C[C@H](O)C(Cc1ccccc1)NC(=O)C(C)NC(=O)OCc1ccccc1)C(=O)NC(C(N)=O)C(C)C. The molecule has 0 fully saturated rings. The molecule has 230 valence electrons. The Hall–Kier alpha value is -3.92. The van der Waals surface area contributed by atoms with Gasteiger partial charge in [-0.1, -0.05) is 88.4 Å². The number of carbonyl (C=O) groups excluding carboxylic acids is 4. The highest BCUT2D eigenvalue weighted by molar-refractivity contribution is 5.88. The summed E-state index contributed by atoms with van der Waals surface area (Å²) < 4.78 is 5.22. The van der Waals surface area contributed by atoms with E-state index in [1.165, 1.54) is 6.92 Å². The van der Waals surface area contributed by atoms with Crippen molar-refractivity contribution in [3.8, 4) is 0 Å². The van der Waals surface area contributed by atoms with E-state index in [-0.39, 0.29) is 30.8 Å². The summed E-state index contributed by atoms with van der Waals surface area (Å²) in [6.45, 7) is 9.10. The highest BCUT2D eigenvalue weighted by atomic mass is 16.5. The minimum absolute atomic E-state index is 0.0479. The third kappa shape index (κ3) is 11.9. The highest BCUT2D eigenvalue weighted by Gasteiger charge is 2.32. The summed E-state index contributed by atoms with van der Waals surface area (Å²) in [7, 11) is 0. The molecule has 3 unspecified atom stereocenters. The first-order valence-corrected chi connectivity index (χ1v) is 14.5. The van der Waals surface area contributed by atoms with Crippen LogP contribution in [0.15, 0.2) is 60.7 Å². The lowest BCUT2D eigenvalue weighted by molar-refractivity contribution is -0.132. The first kappa shape index (κ1) is 34.3. The smallest absolute Gasteiger partial charge is 0.408 e. The Bertz CT molecular complexity index is 1140. The van der Waals surface area contributed by atoms with Crippen molar-refractivity contribution >= 4 is 23.8 Å². The van der Waals surface area contributed by atoms with E-state index >= 15 is 0 Å². The molecule has 2 aromatic rings. The Labute approximate surface area is 248 Å². The molecule has 0 spiro atoms. The van der Waals surface area contributed by atoms with E-state index in [4.69, 9.17) is 10.5 Å². The molecule has 10 nitrogen and oxygen atoms in total. The van der Waals surface area contributed by atoms with Gasteiger partial charge in [0, 0.05) is 5.92 Å². The third-order valence-electron chi connectivity index (χ3n) is 6.95. The number of benzene rings is 2. The zero-order chi connectivity index (χ0) is 31.2. The van der Waals surface area contributed by atoms with Gasteiger partial charge in [-0.2, -0.15) is 0 Å². The Morgan fingerprint density at radius 3 is 1.88 bits per heavy atom. The van der Waals surface area contributed by atoms with Crippen LogP contribution in [0.3, 0.4) is 0 Å². The molecule has 5 atom stereocenters. The molecule has 10 heteroatoms. The van der Waals surface area contributed by atoms with Crippen molar-refractivity contribution in [1.29, 1.82) is 0 Å². The number of carbonyl (C=O) groups is 4. The molecule has 0 aromatic heterocycles. The van der Waals surface area contributed by atoms with Crippen LogP contribution >= 0.6 is 0 Å². The molecule has 0 heterocycles. The van der Waals surface area contributed by atoms with Gasteiger partial charge in [-0.25, -0.2) is 4.79 Å². The first-order chi connectivity index (χ1) is 19.9. The minimum atomic E-state index is -1.10. The molecule has 0 saturated heterocycles. The van der Waals surface area contributed by atoms with Gasteiger partial charge in [0.25, 0.3) is 0 Å². The number of amides is 4. The number of alkyl carbamates (subject to hydrolysis) is 1. The molecular formula is C32H46N4O6. The summed E-state index contributed by atoms with van der Waals surface area (Å²) in [6.07, 6.45) is -1.04. The van der Waals surface area contributed by atoms with E-state index in [2.05, 4.69) is 16.0 Å². The zero-order valence-corrected chi connectivity index (χ0v) is 25.2. The number of primary amides is 1. The normalized spacial score (nSPS) is 14.8. The van der Waals surface area contributed by atoms with Crippen LogP contribution in [0, 0.1) is 17.8 Å². The standard InChI is InChI=1S/C32H46N4O6/c1-20(2)16-25(31(40)36-28(21(3)4)29(33)38)18-27(37)26(17-23-12-8-6-9-13-23)35-30(39)22(5)34-32(41)42-19-24-14-10-7-11-15-24/h6-15,20-22,25-28,37H,16-19H2,1-5H3,(H2,33,38)(H,34,41)(H,35,39)(H,36,40)/t22?,25-,26?,27+,28?/m1/s1. The molecule has 0 aliphatic heterocycles. The zero-order valence-electron chi connectivity index (χ0n) is 25.2. The minimum Gasteiger partial charge on any atom is -0.445 e. The first-order valence-electron chi connectivity index (χ1n) is 14.5. The van der Waals surface area contributed by atoms with Gasteiger partial charge in [0.2, 0.25) is 17.7 Å². The number of aliphatic hydroxyl groups excluding tert-OH is 1. The van der Waals surface area contributed by atoms with Crippen LogP contribution < -0.4 is 21.7 Å². The molecule has 4 amide bonds. The lowest BCUT2D eigenvalue weighted by Gasteiger charge is -2.30. The van der Waals surface area contributed by atoms with E-state index < -0.39 is 48.1 Å². The average molecular weight is 583 g/mol. The molecule has 0 aliphatic rings. The third-order valence-corrected chi connectivity index (χ3v) is 6.95. The van der Waals surface area contributed by atoms with Crippen LogP contribution in [-0.2, 0) is 32.1 Å². The number of nitrogens with one attached hydrogen (secondary N) is 3. The van der Waals surface area contributed by atoms with Crippen molar-refractivity contribution in [2.45, 2.75) is 84.7 Å². The number of aliphatic hydroxyl groups is 1. The summed E-state index contributed by atoms with van der Waals surface area (Å²) in [5, 5.41) is 19.5. The van der Waals surface area contributed by atoms with Crippen LogP contribution in [0.2, 0.25) is 0 Å². The van der Waals surface area contributed by atoms with Crippen molar-refractivity contribution < 1.29 is 29.0 Å². The second-order valence-corrected chi connectivity index (χ2v) is 11.5. The second-order valence-electron chi connectivity index (χ2n) is 11.5. The van der Waals surface area contributed by atoms with E-state index in [1.807, 2.05) is 74.5 Å². The van der Waals surface area contributed by atoms with Crippen LogP contribution in [-0.4, -0.2) is 53.2 Å². The summed E-state index contributed by atoms with van der Waals surface area (Å²) in [5.41, 5.74) is 7.19. The van der Waals surface area contributed by atoms with E-state index in [9.17, 15) is 24.3 Å². The van der Waals surface area contributed by atoms with E-state index in [0.29, 0.717) is 12.8 Å². The fraction of sp³-hybridized carbons (Fsp3) is 0.500. The molecule has 6 N–H and O–H groups in total. The Balaban J connectivity index is 2.13. The number of ether oxygens (including phenoxy) is 1. The number of nitrogens with two attached hydrogens (primary N) is 1. The molecule has 0 radical (unpaired) electrons. The predicted molar refractivity (Wildman–Crippen MR) is 161 cm³/mol. The van der Waals surface area contributed by atoms with E-state index in [0.717, 1.165) is 11.1 Å². The van der Waals surface area contributed by atoms with Crippen LogP contribution in [0.4, 0.5) is 4.79 Å². The number of rotatable bonds is 16. The van der Waals surface area contributed by atoms with Gasteiger partial charge in [0.05, 0.1) is 12.1 Å². The summed E-state index contributed by atoms with van der Waals surface area (Å²) >= 11 is 0. The quantitative estimate of drug-likeness (QED) is 0.205. The van der Waals surface area contributed by atoms with Crippen LogP contribution in [0.1, 0.15) is 58.6 Å². The van der Waals surface area contributed by atoms with Gasteiger partial charge in [-0.3, -0.25) is 14.4 Å². The van der Waals surface area contributed by atoms with Crippen molar-refractivity contribution in [3.63, 3.8) is 0 Å². The second kappa shape index (κ2) is 17.1. The van der Waals surface area contributed by atoms with Crippen molar-refractivity contribution in [2.24, 2.45) is 23.5 Å². The number of hydrogen-bond acceptors (Lipinski definition) is 6. The maximum absolute atomic E-state index is 13.3. The van der Waals surface area contributed by atoms with E-state index in [1.54, 1.807) is 13.8 Å². The topological polar surface area (TPSA) is 160 Å². The predicted octanol–water partition coefficient (Wildman–Crippen LogP) is 3.07. The van der Waals surface area contributed by atoms with Gasteiger partial charge in [0.1, 0.15) is 18.7 Å². The molecule has 0 saturated carbocycles. The maximum Gasteiger partial charge on any atom is 0.408 e. The van der Waals surface area contributed by atoms with Crippen LogP contribution in [0.25, 0.3) is 0 Å². The van der Waals surface area contributed by atoms with Crippen molar-refractivity contribution in [1.82, 2.24) is 16.0 Å². The van der Waals surface area contributed by atoms with Gasteiger partial charge < -0.3 is 31.5 Å². The van der Waals surface area contributed by atoms with Gasteiger partial charge in [-0.15, -0.1) is 0 Å². The fourth-order valence-corrected chi connectivity index (χ4v) is 4.64. The van der Waals surface area contributed by atoms with Crippen molar-refractivity contribution in [2.75, 3.05) is 0 Å². The average Bonchev–Trinajstić information content (AvgIpc) is 2.94. The van der Waals surface area contributed by atoms with Gasteiger partial charge in [0.15, 0.2) is 0 Å². The number of hydrogen-bond donors (Lipinski definition) is 5. The fourth-order valence-electron chi connectivity index (χ4n) is 4.64. The van der Waals surface area contributed by atoms with Crippen molar-refractivity contribution in [3.05, 3.63) is 71.8 Å². The summed E-state index contributed by atoms with van der Waals surface area (Å²) in [4.78, 5) is 50.6. The Morgan fingerprint density at radius 1 is 0.786 bits per heavy atom. The Kier molecular flexibility index (Phi) is 14.0. The lowest BCUT2D eigenvalue weighted by atomic mass is 9.87. The molecular weight excluding hydrogens is 536 g/mol. The molecule has 2 aromatic carbocycles. The monoisotopic (exact) mass is 582 g/mol. The lowest BCUT2D eigenvalue weighted by Crippen LogP contribution is -2.53. The van der Waals surface area contributed by atoms with Gasteiger partial charge >= 0.3 is 6.09 Å². The summed E-state index contributed by atoms with van der Waals surface area (Å²) in [6, 6.07) is 16.0. The van der Waals surface area contributed by atoms with Crippen LogP contribution in [0.5, 0.6) is 0 Å². The maximum atomic E-state index is 13.3. The molecule has 2 rings (SSSR count). The molecule has 42 heavy (non-hydrogen) atoms. The molecule has 0 bridgehead atoms.